The summed E-state index contributed by atoms with van der Waals surface area (Å²) in [5, 5.41) is 6.39. The van der Waals surface area contributed by atoms with E-state index in [9.17, 15) is 4.39 Å². The third-order valence-electron chi connectivity index (χ3n) is 2.88. The van der Waals surface area contributed by atoms with Crippen molar-refractivity contribution >= 4 is 41.7 Å². The van der Waals surface area contributed by atoms with Gasteiger partial charge in [0.1, 0.15) is 5.82 Å². The van der Waals surface area contributed by atoms with Crippen molar-refractivity contribution < 1.29 is 4.39 Å². The van der Waals surface area contributed by atoms with Crippen LogP contribution in [-0.4, -0.2) is 30.3 Å². The van der Waals surface area contributed by atoms with Gasteiger partial charge in [-0.2, -0.15) is 0 Å². The first kappa shape index (κ1) is 19.7. The van der Waals surface area contributed by atoms with Crippen molar-refractivity contribution in [3.05, 3.63) is 60.2 Å². The van der Waals surface area contributed by atoms with Gasteiger partial charge in [0, 0.05) is 30.4 Å². The molecule has 0 aliphatic carbocycles. The SMILES string of the molecule is CN=C(NCCSc1ccccc1F)NCc1ccccn1.I. The summed E-state index contributed by atoms with van der Waals surface area (Å²) in [5.74, 6) is 1.29. The molecule has 0 aliphatic rings. The molecule has 4 nitrogen and oxygen atoms in total. The lowest BCUT2D eigenvalue weighted by molar-refractivity contribution is 0.602. The Morgan fingerprint density at radius 3 is 2.65 bits per heavy atom. The number of halogens is 2. The molecule has 0 spiro atoms. The molecule has 0 aliphatic heterocycles. The normalized spacial score (nSPS) is 10.8. The average Bonchev–Trinajstić information content (AvgIpc) is 2.56. The van der Waals surface area contributed by atoms with Gasteiger partial charge in [0.2, 0.25) is 0 Å². The van der Waals surface area contributed by atoms with Crippen LogP contribution in [0, 0.1) is 5.82 Å². The van der Waals surface area contributed by atoms with Crippen molar-refractivity contribution in [3.8, 4) is 0 Å². The fraction of sp³-hybridized carbons (Fsp3) is 0.250. The number of hydrogen-bond acceptors (Lipinski definition) is 3. The number of hydrogen-bond donors (Lipinski definition) is 2. The molecule has 2 aromatic rings. The maximum Gasteiger partial charge on any atom is 0.191 e. The maximum atomic E-state index is 13.5. The van der Waals surface area contributed by atoms with Crippen LogP contribution in [0.25, 0.3) is 0 Å². The van der Waals surface area contributed by atoms with Crippen LogP contribution in [0.3, 0.4) is 0 Å². The Labute approximate surface area is 157 Å². The zero-order valence-electron chi connectivity index (χ0n) is 12.8. The van der Waals surface area contributed by atoms with Crippen LogP contribution in [0.1, 0.15) is 5.69 Å². The standard InChI is InChI=1S/C16H19FN4S.HI/c1-18-16(21-12-13-6-4-5-9-19-13)20-10-11-22-15-8-3-2-7-14(15)17;/h2-9H,10-12H2,1H3,(H2,18,20,21);1H. The highest BCUT2D eigenvalue weighted by atomic mass is 127. The fourth-order valence-electron chi connectivity index (χ4n) is 1.79. The quantitative estimate of drug-likeness (QED) is 0.235. The van der Waals surface area contributed by atoms with Crippen LogP contribution in [0.2, 0.25) is 0 Å². The van der Waals surface area contributed by atoms with E-state index in [-0.39, 0.29) is 29.8 Å². The number of thioether (sulfide) groups is 1. The summed E-state index contributed by atoms with van der Waals surface area (Å²) < 4.78 is 13.5. The van der Waals surface area contributed by atoms with Crippen LogP contribution >= 0.6 is 35.7 Å². The third-order valence-corrected chi connectivity index (χ3v) is 3.93. The lowest BCUT2D eigenvalue weighted by atomic mass is 10.3. The van der Waals surface area contributed by atoms with E-state index in [1.54, 1.807) is 25.4 Å². The van der Waals surface area contributed by atoms with Gasteiger partial charge < -0.3 is 10.6 Å². The predicted molar refractivity (Wildman–Crippen MR) is 105 cm³/mol. The number of aromatic nitrogens is 1. The smallest absolute Gasteiger partial charge is 0.191 e. The molecule has 1 aromatic carbocycles. The number of benzene rings is 1. The van der Waals surface area contributed by atoms with E-state index in [4.69, 9.17) is 0 Å². The van der Waals surface area contributed by atoms with E-state index in [1.165, 1.54) is 17.8 Å². The van der Waals surface area contributed by atoms with Gasteiger partial charge in [0.15, 0.2) is 5.96 Å². The zero-order chi connectivity index (χ0) is 15.6. The van der Waals surface area contributed by atoms with Crippen LogP contribution in [0.5, 0.6) is 0 Å². The Kier molecular flexibility index (Phi) is 9.61. The molecule has 0 atom stereocenters. The lowest BCUT2D eigenvalue weighted by Gasteiger charge is -2.11. The Morgan fingerprint density at radius 2 is 1.96 bits per heavy atom. The molecule has 0 unspecified atom stereocenters. The summed E-state index contributed by atoms with van der Waals surface area (Å²) >= 11 is 1.48. The van der Waals surface area contributed by atoms with Gasteiger partial charge in [-0.25, -0.2) is 4.39 Å². The lowest BCUT2D eigenvalue weighted by Crippen LogP contribution is -2.38. The van der Waals surface area contributed by atoms with Crippen molar-refractivity contribution in [2.45, 2.75) is 11.4 Å². The van der Waals surface area contributed by atoms with Gasteiger partial charge in [-0.3, -0.25) is 9.98 Å². The van der Waals surface area contributed by atoms with Gasteiger partial charge in [0.25, 0.3) is 0 Å². The highest BCUT2D eigenvalue weighted by Crippen LogP contribution is 2.20. The summed E-state index contributed by atoms with van der Waals surface area (Å²) in [7, 11) is 1.72. The number of guanidine groups is 1. The number of pyridine rings is 1. The molecule has 7 heteroatoms. The van der Waals surface area contributed by atoms with Crippen LogP contribution in [0.15, 0.2) is 58.5 Å². The number of nitrogens with zero attached hydrogens (tertiary/aromatic N) is 2. The van der Waals surface area contributed by atoms with E-state index in [1.807, 2.05) is 24.3 Å². The summed E-state index contributed by atoms with van der Waals surface area (Å²) in [6.45, 7) is 1.31. The second kappa shape index (κ2) is 11.2. The average molecular weight is 446 g/mol. The minimum Gasteiger partial charge on any atom is -0.356 e. The number of nitrogens with one attached hydrogen (secondary N) is 2. The van der Waals surface area contributed by atoms with E-state index >= 15 is 0 Å². The Morgan fingerprint density at radius 1 is 1.17 bits per heavy atom. The second-order valence-electron chi connectivity index (χ2n) is 4.45. The molecule has 2 rings (SSSR count). The monoisotopic (exact) mass is 446 g/mol. The van der Waals surface area contributed by atoms with Gasteiger partial charge in [-0.1, -0.05) is 18.2 Å². The van der Waals surface area contributed by atoms with Gasteiger partial charge in [0.05, 0.1) is 12.2 Å². The summed E-state index contributed by atoms with van der Waals surface area (Å²) in [6, 6.07) is 12.6. The molecule has 0 amide bonds. The first-order valence-corrected chi connectivity index (χ1v) is 8.00. The highest BCUT2D eigenvalue weighted by molar-refractivity contribution is 14.0. The molecule has 1 heterocycles. The molecule has 23 heavy (non-hydrogen) atoms. The molecular formula is C16H20FIN4S. The van der Waals surface area contributed by atoms with Gasteiger partial charge in [-0.15, -0.1) is 35.7 Å². The largest absolute Gasteiger partial charge is 0.356 e. The molecule has 0 saturated carbocycles. The van der Waals surface area contributed by atoms with E-state index in [0.29, 0.717) is 23.9 Å². The van der Waals surface area contributed by atoms with Crippen molar-refractivity contribution in [2.24, 2.45) is 4.99 Å². The van der Waals surface area contributed by atoms with E-state index < -0.39 is 0 Å². The topological polar surface area (TPSA) is 49.3 Å². The van der Waals surface area contributed by atoms with Crippen LogP contribution < -0.4 is 10.6 Å². The Balaban J connectivity index is 0.00000264. The molecule has 0 saturated heterocycles. The predicted octanol–water partition coefficient (Wildman–Crippen LogP) is 3.30. The molecule has 2 N–H and O–H groups in total. The minimum atomic E-state index is -0.176. The molecule has 0 fully saturated rings. The van der Waals surface area contributed by atoms with Crippen molar-refractivity contribution in [1.82, 2.24) is 15.6 Å². The first-order chi connectivity index (χ1) is 10.8. The van der Waals surface area contributed by atoms with Crippen LogP contribution in [-0.2, 0) is 6.54 Å². The first-order valence-electron chi connectivity index (χ1n) is 7.01. The van der Waals surface area contributed by atoms with Crippen molar-refractivity contribution in [2.75, 3.05) is 19.3 Å². The molecule has 0 bridgehead atoms. The zero-order valence-corrected chi connectivity index (χ0v) is 16.0. The third kappa shape index (κ3) is 7.17. The Hall–Kier alpha value is -1.35. The summed E-state index contributed by atoms with van der Waals surface area (Å²) in [4.78, 5) is 9.06. The molecular weight excluding hydrogens is 426 g/mol. The van der Waals surface area contributed by atoms with Gasteiger partial charge >= 0.3 is 0 Å². The highest BCUT2D eigenvalue weighted by Gasteiger charge is 2.02. The minimum absolute atomic E-state index is 0. The van der Waals surface area contributed by atoms with Crippen molar-refractivity contribution in [1.29, 1.82) is 0 Å². The Bertz CT molecular complexity index is 610. The molecule has 1 aromatic heterocycles. The summed E-state index contributed by atoms with van der Waals surface area (Å²) in [6.07, 6.45) is 1.76. The summed E-state index contributed by atoms with van der Waals surface area (Å²) in [5.41, 5.74) is 0.950. The fourth-order valence-corrected chi connectivity index (χ4v) is 2.59. The number of aliphatic imine (C=N–C) groups is 1. The number of rotatable bonds is 6. The second-order valence-corrected chi connectivity index (χ2v) is 5.59. The molecule has 124 valence electrons. The molecule has 0 radical (unpaired) electrons. The van der Waals surface area contributed by atoms with Crippen molar-refractivity contribution in [3.63, 3.8) is 0 Å². The van der Waals surface area contributed by atoms with Gasteiger partial charge in [-0.05, 0) is 24.3 Å². The van der Waals surface area contributed by atoms with E-state index in [2.05, 4.69) is 20.6 Å². The van der Waals surface area contributed by atoms with E-state index in [0.717, 1.165) is 11.4 Å². The maximum absolute atomic E-state index is 13.5. The van der Waals surface area contributed by atoms with Crippen LogP contribution in [0.4, 0.5) is 4.39 Å².